The van der Waals surface area contributed by atoms with Crippen molar-refractivity contribution in [2.75, 3.05) is 0 Å². The van der Waals surface area contributed by atoms with Gasteiger partial charge in [-0.15, -0.1) is 0 Å². The first-order valence-electron chi connectivity index (χ1n) is 8.47. The number of amidine groups is 1. The van der Waals surface area contributed by atoms with Crippen molar-refractivity contribution in [2.24, 2.45) is 16.3 Å². The highest BCUT2D eigenvalue weighted by Gasteiger charge is 2.60. The number of aliphatic imine (C=N–C) groups is 1. The zero-order valence-electron chi connectivity index (χ0n) is 13.6. The molecule has 0 saturated heterocycles. The Morgan fingerprint density at radius 2 is 1.95 bits per heavy atom. The summed E-state index contributed by atoms with van der Waals surface area (Å²) in [6, 6.07) is -0.184. The minimum absolute atomic E-state index is 0.0969. The molecule has 4 rings (SSSR count). The Bertz CT molecular complexity index is 543. The molecule has 22 heavy (non-hydrogen) atoms. The van der Waals surface area contributed by atoms with Crippen molar-refractivity contribution in [3.63, 3.8) is 0 Å². The van der Waals surface area contributed by atoms with E-state index in [1.54, 1.807) is 5.06 Å². The highest BCUT2D eigenvalue weighted by atomic mass is 16.7. The van der Waals surface area contributed by atoms with Crippen LogP contribution >= 0.6 is 0 Å². The van der Waals surface area contributed by atoms with E-state index in [4.69, 9.17) is 9.83 Å². The zero-order chi connectivity index (χ0) is 15.7. The van der Waals surface area contributed by atoms with Gasteiger partial charge in [0.05, 0.1) is 11.6 Å². The third kappa shape index (κ3) is 1.88. The summed E-state index contributed by atoms with van der Waals surface area (Å²) < 4.78 is 0. The first-order chi connectivity index (χ1) is 10.3. The highest BCUT2D eigenvalue weighted by molar-refractivity contribution is 5.95. The van der Waals surface area contributed by atoms with Crippen molar-refractivity contribution in [3.05, 3.63) is 11.8 Å². The Labute approximate surface area is 131 Å². The number of allylic oxidation sites excluding steroid dienone is 1. The minimum atomic E-state index is -0.763. The van der Waals surface area contributed by atoms with Gasteiger partial charge in [0.2, 0.25) is 0 Å². The van der Waals surface area contributed by atoms with E-state index >= 15 is 0 Å². The lowest BCUT2D eigenvalue weighted by molar-refractivity contribution is -0.142. The number of hydrogen-bond donors (Lipinski definition) is 2. The SMILES string of the molecule is CC(C)(C)C1=CC2=NC3(CCCC3)[C@H]3C[C@H](O)[C@H](O)[C@H]3N2O1. The number of hydrogen-bond acceptors (Lipinski definition) is 5. The van der Waals surface area contributed by atoms with Gasteiger partial charge in [0.25, 0.3) is 0 Å². The van der Waals surface area contributed by atoms with E-state index in [-0.39, 0.29) is 22.9 Å². The summed E-state index contributed by atoms with van der Waals surface area (Å²) in [7, 11) is 0. The van der Waals surface area contributed by atoms with Crippen LogP contribution in [-0.2, 0) is 4.84 Å². The van der Waals surface area contributed by atoms with Crippen LogP contribution in [0.15, 0.2) is 16.8 Å². The van der Waals surface area contributed by atoms with Crippen LogP contribution in [0.4, 0.5) is 0 Å². The van der Waals surface area contributed by atoms with Gasteiger partial charge in [0, 0.05) is 17.4 Å². The van der Waals surface area contributed by atoms with E-state index in [9.17, 15) is 10.2 Å². The molecule has 2 saturated carbocycles. The monoisotopic (exact) mass is 306 g/mol. The number of aliphatic hydroxyl groups is 2. The molecule has 4 atom stereocenters. The van der Waals surface area contributed by atoms with Crippen molar-refractivity contribution in [1.82, 2.24) is 5.06 Å². The Morgan fingerprint density at radius 1 is 1.27 bits per heavy atom. The summed E-state index contributed by atoms with van der Waals surface area (Å²) in [5, 5.41) is 22.5. The molecule has 0 bridgehead atoms. The molecule has 0 unspecified atom stereocenters. The molecule has 5 nitrogen and oxygen atoms in total. The lowest BCUT2D eigenvalue weighted by Crippen LogP contribution is -2.56. The summed E-state index contributed by atoms with van der Waals surface area (Å²) in [4.78, 5) is 11.1. The first kappa shape index (κ1) is 14.5. The van der Waals surface area contributed by atoms with Crippen LogP contribution in [-0.4, -0.2) is 44.9 Å². The fourth-order valence-corrected chi connectivity index (χ4v) is 4.63. The summed E-state index contributed by atoms with van der Waals surface area (Å²) >= 11 is 0. The molecule has 4 aliphatic rings. The second-order valence-corrected chi connectivity index (χ2v) is 8.35. The predicted octanol–water partition coefficient (Wildman–Crippen LogP) is 2.00. The standard InChI is InChI=1S/C17H26N2O3/c1-16(2,3)12-9-13-18-17(6-4-5-7-17)10-8-11(20)15(21)14(10)19(13)22-12/h9-11,14-15,20-21H,4-8H2,1-3H3/t10-,11-,14-,15-/m0/s1. The fraction of sp³-hybridized carbons (Fsp3) is 0.824. The quantitative estimate of drug-likeness (QED) is 0.718. The molecule has 2 aliphatic heterocycles. The minimum Gasteiger partial charge on any atom is -0.390 e. The number of fused-ring (bicyclic) bond motifs is 4. The van der Waals surface area contributed by atoms with Crippen LogP contribution in [0.2, 0.25) is 0 Å². The van der Waals surface area contributed by atoms with E-state index < -0.39 is 12.2 Å². The van der Waals surface area contributed by atoms with Gasteiger partial charge in [-0.1, -0.05) is 33.6 Å². The summed E-state index contributed by atoms with van der Waals surface area (Å²) in [5.74, 6) is 1.89. The van der Waals surface area contributed by atoms with Crippen molar-refractivity contribution < 1.29 is 15.1 Å². The predicted molar refractivity (Wildman–Crippen MR) is 83.0 cm³/mol. The molecule has 0 radical (unpaired) electrons. The van der Waals surface area contributed by atoms with Crippen LogP contribution in [0.3, 0.4) is 0 Å². The van der Waals surface area contributed by atoms with Crippen LogP contribution in [0.1, 0.15) is 52.9 Å². The molecule has 0 aromatic heterocycles. The molecular weight excluding hydrogens is 280 g/mol. The third-order valence-corrected chi connectivity index (χ3v) is 5.84. The van der Waals surface area contributed by atoms with E-state index in [0.29, 0.717) is 6.42 Å². The normalized spacial score (nSPS) is 39.4. The highest BCUT2D eigenvalue weighted by Crippen LogP contribution is 2.52. The fourth-order valence-electron chi connectivity index (χ4n) is 4.63. The summed E-state index contributed by atoms with van der Waals surface area (Å²) in [5.41, 5.74) is -0.206. The van der Waals surface area contributed by atoms with Crippen LogP contribution in [0, 0.1) is 11.3 Å². The average Bonchev–Trinajstić information content (AvgIpc) is 3.11. The Kier molecular flexibility index (Phi) is 2.96. The lowest BCUT2D eigenvalue weighted by Gasteiger charge is -2.44. The van der Waals surface area contributed by atoms with Gasteiger partial charge in [-0.2, -0.15) is 5.06 Å². The molecular formula is C17H26N2O3. The number of hydroxylamine groups is 2. The van der Waals surface area contributed by atoms with Gasteiger partial charge in [-0.25, -0.2) is 0 Å². The maximum atomic E-state index is 10.5. The van der Waals surface area contributed by atoms with Gasteiger partial charge in [0.15, 0.2) is 5.84 Å². The molecule has 1 spiro atoms. The van der Waals surface area contributed by atoms with Gasteiger partial charge >= 0.3 is 0 Å². The number of rotatable bonds is 0. The van der Waals surface area contributed by atoms with E-state index in [0.717, 1.165) is 24.4 Å². The van der Waals surface area contributed by atoms with E-state index in [2.05, 4.69) is 20.8 Å². The van der Waals surface area contributed by atoms with Gasteiger partial charge < -0.3 is 15.1 Å². The zero-order valence-corrected chi connectivity index (χ0v) is 13.6. The van der Waals surface area contributed by atoms with Crippen molar-refractivity contribution in [3.8, 4) is 0 Å². The van der Waals surface area contributed by atoms with Crippen molar-refractivity contribution >= 4 is 5.84 Å². The first-order valence-corrected chi connectivity index (χ1v) is 8.47. The van der Waals surface area contributed by atoms with Crippen LogP contribution in [0.25, 0.3) is 0 Å². The van der Waals surface area contributed by atoms with Crippen molar-refractivity contribution in [2.45, 2.75) is 76.7 Å². The van der Waals surface area contributed by atoms with Crippen LogP contribution < -0.4 is 0 Å². The molecule has 122 valence electrons. The Balaban J connectivity index is 1.77. The van der Waals surface area contributed by atoms with Crippen LogP contribution in [0.5, 0.6) is 0 Å². The maximum absolute atomic E-state index is 10.5. The van der Waals surface area contributed by atoms with E-state index in [1.165, 1.54) is 12.8 Å². The number of aliphatic hydroxyl groups excluding tert-OH is 2. The van der Waals surface area contributed by atoms with Gasteiger partial charge in [-0.05, 0) is 19.3 Å². The van der Waals surface area contributed by atoms with Crippen molar-refractivity contribution in [1.29, 1.82) is 0 Å². The molecule has 2 aliphatic carbocycles. The molecule has 0 aromatic rings. The third-order valence-electron chi connectivity index (χ3n) is 5.84. The molecule has 0 aromatic carbocycles. The maximum Gasteiger partial charge on any atom is 0.163 e. The Morgan fingerprint density at radius 3 is 2.59 bits per heavy atom. The molecule has 2 fully saturated rings. The average molecular weight is 306 g/mol. The molecule has 2 N–H and O–H groups in total. The summed E-state index contributed by atoms with van der Waals surface area (Å²) in [6.07, 6.45) is 5.69. The second kappa shape index (κ2) is 4.48. The van der Waals surface area contributed by atoms with Gasteiger partial charge in [0.1, 0.15) is 17.9 Å². The lowest BCUT2D eigenvalue weighted by atomic mass is 9.77. The molecule has 0 amide bonds. The largest absolute Gasteiger partial charge is 0.390 e. The smallest absolute Gasteiger partial charge is 0.163 e. The molecule has 5 heteroatoms. The molecule has 2 heterocycles. The topological polar surface area (TPSA) is 65.3 Å². The van der Waals surface area contributed by atoms with E-state index in [1.807, 2.05) is 6.08 Å². The second-order valence-electron chi connectivity index (χ2n) is 8.35. The van der Waals surface area contributed by atoms with Gasteiger partial charge in [-0.3, -0.25) is 4.99 Å². The Hall–Kier alpha value is -1.07. The summed E-state index contributed by atoms with van der Waals surface area (Å²) in [6.45, 7) is 6.34. The number of nitrogens with zero attached hydrogens (tertiary/aromatic N) is 2.